The molecule has 1 N–H and O–H groups in total. The zero-order chi connectivity index (χ0) is 19.4. The van der Waals surface area contributed by atoms with Gasteiger partial charge < -0.3 is 9.84 Å². The predicted octanol–water partition coefficient (Wildman–Crippen LogP) is 1.84. The molecule has 1 heterocycles. The summed E-state index contributed by atoms with van der Waals surface area (Å²) in [4.78, 5) is 36.4. The van der Waals surface area contributed by atoms with Crippen LogP contribution >= 0.6 is 11.6 Å². The molecule has 0 spiro atoms. The molecule has 9 heteroatoms. The van der Waals surface area contributed by atoms with Gasteiger partial charge in [0, 0.05) is 25.4 Å². The van der Waals surface area contributed by atoms with E-state index in [-0.39, 0.29) is 28.6 Å². The van der Waals surface area contributed by atoms with Gasteiger partial charge >= 0.3 is 11.7 Å². The van der Waals surface area contributed by atoms with Gasteiger partial charge in [0.25, 0.3) is 5.56 Å². The van der Waals surface area contributed by atoms with Crippen LogP contribution in [-0.4, -0.2) is 33.9 Å². The summed E-state index contributed by atoms with van der Waals surface area (Å²) in [5, 5.41) is 8.75. The van der Waals surface area contributed by atoms with E-state index in [0.717, 1.165) is 21.4 Å². The second-order valence-corrected chi connectivity index (χ2v) is 6.30. The van der Waals surface area contributed by atoms with Gasteiger partial charge in [0.1, 0.15) is 12.4 Å². The van der Waals surface area contributed by atoms with Crippen molar-refractivity contribution in [1.82, 2.24) is 9.13 Å². The first-order valence-corrected chi connectivity index (χ1v) is 8.13. The molecule has 140 valence electrons. The van der Waals surface area contributed by atoms with Crippen LogP contribution < -0.4 is 11.2 Å². The number of halogens is 2. The fourth-order valence-electron chi connectivity index (χ4n) is 2.62. The van der Waals surface area contributed by atoms with Crippen LogP contribution in [0.3, 0.4) is 0 Å². The number of carbonyl (C=O) groups is 1. The molecular formula is C17H18ClFN2O5. The van der Waals surface area contributed by atoms with Crippen molar-refractivity contribution in [3.05, 3.63) is 56.1 Å². The lowest BCUT2D eigenvalue weighted by molar-refractivity contribution is -0.137. The van der Waals surface area contributed by atoms with Gasteiger partial charge in [-0.2, -0.15) is 0 Å². The molecule has 0 saturated carbocycles. The number of rotatable bonds is 7. The second kappa shape index (κ2) is 8.29. The normalized spacial score (nSPS) is 12.2. The molecule has 0 aliphatic rings. The summed E-state index contributed by atoms with van der Waals surface area (Å²) in [5.41, 5.74) is -1.41. The highest BCUT2D eigenvalue weighted by molar-refractivity contribution is 6.33. The number of hydrogen-bond donors (Lipinski definition) is 1. The molecule has 1 atom stereocenters. The van der Waals surface area contributed by atoms with E-state index >= 15 is 0 Å². The van der Waals surface area contributed by atoms with Gasteiger partial charge in [-0.05, 0) is 12.0 Å². The maximum atomic E-state index is 13.8. The molecule has 0 saturated heterocycles. The maximum absolute atomic E-state index is 13.8. The number of aliphatic carboxylic acids is 1. The number of carboxylic acid groups (broad SMARTS) is 1. The summed E-state index contributed by atoms with van der Waals surface area (Å²) in [5.74, 6) is -2.15. The standard InChI is InChI=1S/C17H18ClFN2O5/c1-10(9-26-2)6-21-16(24)12(7-20(17(21)25)8-14(22)23)11-4-3-5-13(19)15(11)18/h3-5,7,10H,6,8-9H2,1-2H3,(H,22,23)/t10-/m0/s1. The molecule has 0 unspecified atom stereocenters. The van der Waals surface area contributed by atoms with Gasteiger partial charge in [0.05, 0.1) is 17.2 Å². The summed E-state index contributed by atoms with van der Waals surface area (Å²) in [7, 11) is 1.49. The van der Waals surface area contributed by atoms with Crippen molar-refractivity contribution in [1.29, 1.82) is 0 Å². The third-order valence-corrected chi connectivity index (χ3v) is 4.11. The Balaban J connectivity index is 2.72. The number of nitrogens with zero attached hydrogens (tertiary/aromatic N) is 2. The zero-order valence-corrected chi connectivity index (χ0v) is 15.0. The Hall–Kier alpha value is -2.45. The van der Waals surface area contributed by atoms with Crippen molar-refractivity contribution in [3.63, 3.8) is 0 Å². The maximum Gasteiger partial charge on any atom is 0.331 e. The fraction of sp³-hybridized carbons (Fsp3) is 0.353. The van der Waals surface area contributed by atoms with Crippen LogP contribution in [0, 0.1) is 11.7 Å². The molecule has 0 radical (unpaired) electrons. The number of aromatic nitrogens is 2. The van der Waals surface area contributed by atoms with Crippen molar-refractivity contribution in [2.45, 2.75) is 20.0 Å². The number of benzene rings is 1. The summed E-state index contributed by atoms with van der Waals surface area (Å²) in [6, 6.07) is 3.94. The Morgan fingerprint density at radius 2 is 2.04 bits per heavy atom. The summed E-state index contributed by atoms with van der Waals surface area (Å²) < 4.78 is 20.6. The number of hydrogen-bond acceptors (Lipinski definition) is 4. The summed E-state index contributed by atoms with van der Waals surface area (Å²) in [6.45, 7) is 1.46. The lowest BCUT2D eigenvalue weighted by Crippen LogP contribution is -2.42. The largest absolute Gasteiger partial charge is 0.480 e. The van der Waals surface area contributed by atoms with E-state index in [0.29, 0.717) is 6.61 Å². The Morgan fingerprint density at radius 3 is 2.65 bits per heavy atom. The molecule has 2 aromatic rings. The molecule has 0 amide bonds. The van der Waals surface area contributed by atoms with Crippen LogP contribution in [0.2, 0.25) is 5.02 Å². The molecule has 7 nitrogen and oxygen atoms in total. The Bertz CT molecular complexity index is 938. The predicted molar refractivity (Wildman–Crippen MR) is 94.0 cm³/mol. The summed E-state index contributed by atoms with van der Waals surface area (Å²) >= 11 is 5.96. The summed E-state index contributed by atoms with van der Waals surface area (Å²) in [6.07, 6.45) is 1.09. The molecule has 1 aromatic carbocycles. The quantitative estimate of drug-likeness (QED) is 0.786. The van der Waals surface area contributed by atoms with Gasteiger partial charge in [-0.1, -0.05) is 30.7 Å². The number of methoxy groups -OCH3 is 1. The lowest BCUT2D eigenvalue weighted by atomic mass is 10.1. The topological polar surface area (TPSA) is 90.5 Å². The van der Waals surface area contributed by atoms with E-state index in [1.165, 1.54) is 19.2 Å². The van der Waals surface area contributed by atoms with Crippen molar-refractivity contribution in [2.24, 2.45) is 5.92 Å². The molecule has 1 aromatic heterocycles. The van der Waals surface area contributed by atoms with Gasteiger partial charge in [-0.3, -0.25) is 18.7 Å². The molecule has 0 aliphatic carbocycles. The van der Waals surface area contributed by atoms with Gasteiger partial charge in [0.2, 0.25) is 0 Å². The SMILES string of the molecule is COC[C@@H](C)Cn1c(=O)c(-c2cccc(F)c2Cl)cn(CC(=O)O)c1=O. The molecular weight excluding hydrogens is 367 g/mol. The third kappa shape index (κ3) is 4.20. The van der Waals surface area contributed by atoms with Crippen molar-refractivity contribution < 1.29 is 19.0 Å². The van der Waals surface area contributed by atoms with E-state index < -0.39 is 29.6 Å². The van der Waals surface area contributed by atoms with Crippen LogP contribution in [0.1, 0.15) is 6.92 Å². The lowest BCUT2D eigenvalue weighted by Gasteiger charge is -2.16. The van der Waals surface area contributed by atoms with Crippen LogP contribution in [0.15, 0.2) is 34.0 Å². The minimum Gasteiger partial charge on any atom is -0.480 e. The number of carboxylic acids is 1. The van der Waals surface area contributed by atoms with Gasteiger partial charge in [-0.15, -0.1) is 0 Å². The molecule has 26 heavy (non-hydrogen) atoms. The van der Waals surface area contributed by atoms with Crippen molar-refractivity contribution in [3.8, 4) is 11.1 Å². The van der Waals surface area contributed by atoms with E-state index in [1.807, 2.05) is 0 Å². The van der Waals surface area contributed by atoms with Crippen LogP contribution in [0.25, 0.3) is 11.1 Å². The highest BCUT2D eigenvalue weighted by Crippen LogP contribution is 2.27. The minimum atomic E-state index is -1.25. The smallest absolute Gasteiger partial charge is 0.331 e. The van der Waals surface area contributed by atoms with E-state index in [4.69, 9.17) is 21.4 Å². The van der Waals surface area contributed by atoms with Gasteiger partial charge in [-0.25, -0.2) is 9.18 Å². The highest BCUT2D eigenvalue weighted by Gasteiger charge is 2.19. The fourth-order valence-corrected chi connectivity index (χ4v) is 2.85. The van der Waals surface area contributed by atoms with Crippen LogP contribution in [0.5, 0.6) is 0 Å². The Morgan fingerprint density at radius 1 is 1.35 bits per heavy atom. The van der Waals surface area contributed by atoms with Crippen molar-refractivity contribution >= 4 is 17.6 Å². The molecule has 0 aliphatic heterocycles. The Kier molecular flexibility index (Phi) is 6.33. The number of ether oxygens (including phenoxy) is 1. The van der Waals surface area contributed by atoms with E-state index in [2.05, 4.69) is 0 Å². The monoisotopic (exact) mass is 384 g/mol. The molecule has 2 rings (SSSR count). The van der Waals surface area contributed by atoms with Crippen LogP contribution in [-0.2, 0) is 22.6 Å². The van der Waals surface area contributed by atoms with Crippen LogP contribution in [0.4, 0.5) is 4.39 Å². The molecule has 0 fully saturated rings. The third-order valence-electron chi connectivity index (χ3n) is 3.73. The average Bonchev–Trinajstić information content (AvgIpc) is 2.57. The average molecular weight is 385 g/mol. The first-order valence-electron chi connectivity index (χ1n) is 7.75. The Labute approximate surface area is 153 Å². The van der Waals surface area contributed by atoms with E-state index in [9.17, 15) is 18.8 Å². The first-order chi connectivity index (χ1) is 12.3. The molecule has 0 bridgehead atoms. The zero-order valence-electron chi connectivity index (χ0n) is 14.2. The first kappa shape index (κ1) is 19.9. The second-order valence-electron chi connectivity index (χ2n) is 5.92. The highest BCUT2D eigenvalue weighted by atomic mass is 35.5. The minimum absolute atomic E-state index is 0.0197. The van der Waals surface area contributed by atoms with Crippen molar-refractivity contribution in [2.75, 3.05) is 13.7 Å². The van der Waals surface area contributed by atoms with Gasteiger partial charge in [0.15, 0.2) is 0 Å². The van der Waals surface area contributed by atoms with E-state index in [1.54, 1.807) is 6.92 Å².